The van der Waals surface area contributed by atoms with E-state index in [4.69, 9.17) is 9.47 Å². The van der Waals surface area contributed by atoms with Crippen LogP contribution in [-0.2, 0) is 20.8 Å². The van der Waals surface area contributed by atoms with Crippen LogP contribution >= 0.6 is 0 Å². The molecule has 2 aromatic rings. The Bertz CT molecular complexity index is 936. The van der Waals surface area contributed by atoms with Crippen LogP contribution in [0.2, 0.25) is 0 Å². The van der Waals surface area contributed by atoms with Crippen LogP contribution in [0.4, 0.5) is 11.4 Å². The third-order valence-corrected chi connectivity index (χ3v) is 5.68. The lowest BCUT2D eigenvalue weighted by Crippen LogP contribution is -2.23. The van der Waals surface area contributed by atoms with Crippen molar-refractivity contribution in [2.75, 3.05) is 31.0 Å². The zero-order chi connectivity index (χ0) is 22.5. The summed E-state index contributed by atoms with van der Waals surface area (Å²) >= 11 is 0. The van der Waals surface area contributed by atoms with Gasteiger partial charge in [0.25, 0.3) is 0 Å². The Morgan fingerprint density at radius 1 is 1.42 bits per heavy atom. The van der Waals surface area contributed by atoms with E-state index in [2.05, 4.69) is 15.6 Å². The van der Waals surface area contributed by atoms with E-state index in [0.29, 0.717) is 42.0 Å². The first-order valence-electron chi connectivity index (χ1n) is 10.8. The molecule has 0 unspecified atom stereocenters. The van der Waals surface area contributed by atoms with Gasteiger partial charge in [-0.15, -0.1) is 0 Å². The number of carbonyl (C=O) groups is 2. The van der Waals surface area contributed by atoms with Crippen LogP contribution in [0.1, 0.15) is 50.5 Å². The summed E-state index contributed by atoms with van der Waals surface area (Å²) in [5, 5.41) is 16.1. The SMILES string of the molecule is CC[C@@H](C)C(=O)Nc1c(C(=O)OC)n(C[C@H]2CCCO2)c2ncc(N[C@@H](C)CO)cc12. The zero-order valence-electron chi connectivity index (χ0n) is 18.6. The monoisotopic (exact) mass is 432 g/mol. The predicted octanol–water partition coefficient (Wildman–Crippen LogP) is 2.78. The van der Waals surface area contributed by atoms with Crippen molar-refractivity contribution < 1.29 is 24.2 Å². The van der Waals surface area contributed by atoms with E-state index >= 15 is 0 Å². The number of methoxy groups -OCH3 is 1. The highest BCUT2D eigenvalue weighted by Gasteiger charge is 2.29. The summed E-state index contributed by atoms with van der Waals surface area (Å²) in [6.07, 6.45) is 4.15. The Labute approximate surface area is 182 Å². The average molecular weight is 433 g/mol. The van der Waals surface area contributed by atoms with Crippen LogP contribution in [-0.4, -0.2) is 59.0 Å². The van der Waals surface area contributed by atoms with Gasteiger partial charge in [0.05, 0.1) is 43.9 Å². The first-order valence-corrected chi connectivity index (χ1v) is 10.8. The summed E-state index contributed by atoms with van der Waals surface area (Å²) in [6.45, 7) is 6.71. The summed E-state index contributed by atoms with van der Waals surface area (Å²) in [5.74, 6) is -0.940. The van der Waals surface area contributed by atoms with Gasteiger partial charge in [-0.2, -0.15) is 0 Å². The van der Waals surface area contributed by atoms with Gasteiger partial charge in [0.2, 0.25) is 5.91 Å². The second kappa shape index (κ2) is 10.1. The van der Waals surface area contributed by atoms with Crippen LogP contribution in [0.5, 0.6) is 0 Å². The van der Waals surface area contributed by atoms with Gasteiger partial charge in [-0.1, -0.05) is 13.8 Å². The number of amides is 1. The molecule has 0 spiro atoms. The number of nitrogens with zero attached hydrogens (tertiary/aromatic N) is 2. The molecule has 1 saturated heterocycles. The number of anilines is 2. The molecule has 1 amide bonds. The Morgan fingerprint density at radius 2 is 2.19 bits per heavy atom. The maximum Gasteiger partial charge on any atom is 0.356 e. The molecule has 1 aliphatic heterocycles. The van der Waals surface area contributed by atoms with Crippen molar-refractivity contribution in [1.29, 1.82) is 0 Å². The number of hydrogen-bond acceptors (Lipinski definition) is 7. The minimum absolute atomic E-state index is 0.0360. The highest BCUT2D eigenvalue weighted by Crippen LogP contribution is 2.34. The molecule has 0 saturated carbocycles. The summed E-state index contributed by atoms with van der Waals surface area (Å²) in [4.78, 5) is 30.1. The van der Waals surface area contributed by atoms with Crippen LogP contribution in [0, 0.1) is 5.92 Å². The molecule has 2 aromatic heterocycles. The third kappa shape index (κ3) is 4.99. The molecule has 31 heavy (non-hydrogen) atoms. The molecule has 9 heteroatoms. The van der Waals surface area contributed by atoms with Crippen molar-refractivity contribution in [3.8, 4) is 0 Å². The van der Waals surface area contributed by atoms with Crippen molar-refractivity contribution >= 4 is 34.3 Å². The van der Waals surface area contributed by atoms with Crippen LogP contribution in [0.15, 0.2) is 12.3 Å². The second-order valence-corrected chi connectivity index (χ2v) is 8.08. The number of nitrogens with one attached hydrogen (secondary N) is 2. The Hall–Kier alpha value is -2.65. The first-order chi connectivity index (χ1) is 14.9. The number of pyridine rings is 1. The van der Waals surface area contributed by atoms with Crippen molar-refractivity contribution in [2.45, 2.75) is 58.7 Å². The molecular formula is C22H32N4O5. The van der Waals surface area contributed by atoms with Gasteiger partial charge in [-0.05, 0) is 32.3 Å². The fourth-order valence-corrected chi connectivity index (χ4v) is 3.67. The third-order valence-electron chi connectivity index (χ3n) is 5.68. The summed E-state index contributed by atoms with van der Waals surface area (Å²) in [7, 11) is 1.32. The smallest absolute Gasteiger partial charge is 0.356 e. The largest absolute Gasteiger partial charge is 0.464 e. The van der Waals surface area contributed by atoms with Crippen molar-refractivity contribution in [3.63, 3.8) is 0 Å². The molecule has 0 aromatic carbocycles. The van der Waals surface area contributed by atoms with E-state index in [1.54, 1.807) is 10.8 Å². The quantitative estimate of drug-likeness (QED) is 0.522. The van der Waals surface area contributed by atoms with Crippen molar-refractivity contribution in [2.24, 2.45) is 5.92 Å². The molecule has 0 radical (unpaired) electrons. The number of aromatic nitrogens is 2. The van der Waals surface area contributed by atoms with Crippen LogP contribution < -0.4 is 10.6 Å². The van der Waals surface area contributed by atoms with E-state index in [1.165, 1.54) is 7.11 Å². The molecule has 170 valence electrons. The fourth-order valence-electron chi connectivity index (χ4n) is 3.67. The molecule has 3 atom stereocenters. The second-order valence-electron chi connectivity index (χ2n) is 8.08. The van der Waals surface area contributed by atoms with Gasteiger partial charge < -0.3 is 29.8 Å². The zero-order valence-corrected chi connectivity index (χ0v) is 18.6. The van der Waals surface area contributed by atoms with Crippen LogP contribution in [0.3, 0.4) is 0 Å². The maximum absolute atomic E-state index is 12.8. The van der Waals surface area contributed by atoms with Gasteiger partial charge in [0.15, 0.2) is 5.69 Å². The minimum atomic E-state index is -0.548. The molecule has 3 rings (SSSR count). The van der Waals surface area contributed by atoms with E-state index in [-0.39, 0.29) is 36.3 Å². The molecule has 1 aliphatic rings. The lowest BCUT2D eigenvalue weighted by molar-refractivity contribution is -0.119. The van der Waals surface area contributed by atoms with E-state index < -0.39 is 5.97 Å². The lowest BCUT2D eigenvalue weighted by Gasteiger charge is -2.15. The Balaban J connectivity index is 2.16. The van der Waals surface area contributed by atoms with E-state index in [1.807, 2.05) is 26.8 Å². The fraction of sp³-hybridized carbons (Fsp3) is 0.591. The summed E-state index contributed by atoms with van der Waals surface area (Å²) in [5.41, 5.74) is 1.89. The van der Waals surface area contributed by atoms with E-state index in [0.717, 1.165) is 12.8 Å². The highest BCUT2D eigenvalue weighted by molar-refractivity contribution is 6.11. The van der Waals surface area contributed by atoms with Gasteiger partial charge >= 0.3 is 5.97 Å². The van der Waals surface area contributed by atoms with Crippen molar-refractivity contribution in [1.82, 2.24) is 9.55 Å². The van der Waals surface area contributed by atoms with Gasteiger partial charge in [0, 0.05) is 24.0 Å². The number of fused-ring (bicyclic) bond motifs is 1. The number of hydrogen-bond donors (Lipinski definition) is 3. The van der Waals surface area contributed by atoms with E-state index in [9.17, 15) is 14.7 Å². The number of esters is 1. The molecule has 9 nitrogen and oxygen atoms in total. The summed E-state index contributed by atoms with van der Waals surface area (Å²) in [6, 6.07) is 1.66. The topological polar surface area (TPSA) is 115 Å². The highest BCUT2D eigenvalue weighted by atomic mass is 16.5. The van der Waals surface area contributed by atoms with Crippen LogP contribution in [0.25, 0.3) is 11.0 Å². The number of carbonyl (C=O) groups excluding carboxylic acids is 2. The molecule has 0 aliphatic carbocycles. The number of rotatable bonds is 9. The maximum atomic E-state index is 12.8. The molecular weight excluding hydrogens is 400 g/mol. The number of aliphatic hydroxyl groups excluding tert-OH is 1. The standard InChI is InChI=1S/C22H32N4O5/c1-5-13(2)21(28)25-18-17-9-15(24-14(3)12-27)10-23-20(17)26(19(18)22(29)30-4)11-16-7-6-8-31-16/h9-10,13-14,16,24,27H,5-8,11-12H2,1-4H3,(H,25,28)/t13-,14+,16-/m1/s1. The predicted molar refractivity (Wildman–Crippen MR) is 118 cm³/mol. The Morgan fingerprint density at radius 3 is 2.81 bits per heavy atom. The average Bonchev–Trinajstić information content (AvgIpc) is 3.39. The first kappa shape index (κ1) is 23.0. The molecule has 3 N–H and O–H groups in total. The summed E-state index contributed by atoms with van der Waals surface area (Å²) < 4.78 is 12.6. The van der Waals surface area contributed by atoms with Crippen molar-refractivity contribution in [3.05, 3.63) is 18.0 Å². The van der Waals surface area contributed by atoms with Gasteiger partial charge in [-0.25, -0.2) is 9.78 Å². The minimum Gasteiger partial charge on any atom is -0.464 e. The normalized spacial score (nSPS) is 18.0. The lowest BCUT2D eigenvalue weighted by atomic mass is 10.1. The number of ether oxygens (including phenoxy) is 2. The Kier molecular flexibility index (Phi) is 7.50. The van der Waals surface area contributed by atoms with Gasteiger partial charge in [-0.3, -0.25) is 4.79 Å². The molecule has 1 fully saturated rings. The molecule has 3 heterocycles. The van der Waals surface area contributed by atoms with Gasteiger partial charge in [0.1, 0.15) is 5.65 Å². The number of aliphatic hydroxyl groups is 1. The molecule has 0 bridgehead atoms.